The van der Waals surface area contributed by atoms with Crippen LogP contribution < -0.4 is 0 Å². The standard InChI is InChI=1S/C13H21N3O3/c1-15(2)7-8-16(11-4-9-18-10-5-11)13(17)12-3-6-14-19-12/h3,6,11H,4-5,7-10H2,1-2H3. The van der Waals surface area contributed by atoms with Crippen molar-refractivity contribution >= 4 is 5.91 Å². The van der Waals surface area contributed by atoms with Gasteiger partial charge in [0.1, 0.15) is 0 Å². The number of hydrogen-bond acceptors (Lipinski definition) is 5. The number of ether oxygens (including phenoxy) is 1. The molecular formula is C13H21N3O3. The SMILES string of the molecule is CN(C)CCN(C(=O)c1ccno1)C1CCOCC1. The van der Waals surface area contributed by atoms with E-state index in [9.17, 15) is 4.79 Å². The average Bonchev–Trinajstić information content (AvgIpc) is 2.93. The normalized spacial score (nSPS) is 16.8. The zero-order chi connectivity index (χ0) is 13.7. The molecule has 1 aromatic rings. The van der Waals surface area contributed by atoms with Gasteiger partial charge in [0.2, 0.25) is 5.76 Å². The summed E-state index contributed by atoms with van der Waals surface area (Å²) in [5.41, 5.74) is 0. The lowest BCUT2D eigenvalue weighted by Gasteiger charge is -2.34. The first-order valence-corrected chi connectivity index (χ1v) is 6.62. The van der Waals surface area contributed by atoms with E-state index in [0.717, 1.165) is 19.4 Å². The summed E-state index contributed by atoms with van der Waals surface area (Å²) >= 11 is 0. The van der Waals surface area contributed by atoms with Gasteiger partial charge >= 0.3 is 0 Å². The Morgan fingerprint density at radius 2 is 2.11 bits per heavy atom. The lowest BCUT2D eigenvalue weighted by molar-refractivity contribution is 0.0254. The van der Waals surface area contributed by atoms with Crippen LogP contribution in [-0.2, 0) is 4.74 Å². The molecule has 19 heavy (non-hydrogen) atoms. The number of carbonyl (C=O) groups is 1. The van der Waals surface area contributed by atoms with E-state index in [-0.39, 0.29) is 11.9 Å². The van der Waals surface area contributed by atoms with Crippen LogP contribution in [0.1, 0.15) is 23.4 Å². The Morgan fingerprint density at radius 1 is 1.37 bits per heavy atom. The maximum atomic E-state index is 12.5. The fourth-order valence-electron chi connectivity index (χ4n) is 2.22. The molecule has 0 bridgehead atoms. The van der Waals surface area contributed by atoms with Gasteiger partial charge in [-0.1, -0.05) is 5.16 Å². The summed E-state index contributed by atoms with van der Waals surface area (Å²) < 4.78 is 10.3. The molecule has 106 valence electrons. The fraction of sp³-hybridized carbons (Fsp3) is 0.692. The number of rotatable bonds is 5. The van der Waals surface area contributed by atoms with E-state index in [1.807, 2.05) is 19.0 Å². The molecule has 0 atom stereocenters. The van der Waals surface area contributed by atoms with E-state index >= 15 is 0 Å². The van der Waals surface area contributed by atoms with Gasteiger partial charge in [-0.3, -0.25) is 4.79 Å². The molecule has 0 unspecified atom stereocenters. The summed E-state index contributed by atoms with van der Waals surface area (Å²) in [7, 11) is 4.00. The van der Waals surface area contributed by atoms with Gasteiger partial charge in [0.15, 0.2) is 0 Å². The van der Waals surface area contributed by atoms with Gasteiger partial charge in [-0.05, 0) is 26.9 Å². The van der Waals surface area contributed by atoms with Gasteiger partial charge in [0.05, 0.1) is 6.20 Å². The predicted octanol–water partition coefficient (Wildman–Crippen LogP) is 0.857. The highest BCUT2D eigenvalue weighted by atomic mass is 16.5. The number of hydrogen-bond donors (Lipinski definition) is 0. The van der Waals surface area contributed by atoms with Gasteiger partial charge in [-0.2, -0.15) is 0 Å². The van der Waals surface area contributed by atoms with Crippen LogP contribution >= 0.6 is 0 Å². The number of nitrogens with zero attached hydrogens (tertiary/aromatic N) is 3. The molecule has 6 nitrogen and oxygen atoms in total. The van der Waals surface area contributed by atoms with Crippen LogP contribution in [0.2, 0.25) is 0 Å². The summed E-state index contributed by atoms with van der Waals surface area (Å²) in [5, 5.41) is 3.61. The Labute approximate surface area is 113 Å². The molecule has 1 fully saturated rings. The van der Waals surface area contributed by atoms with Gasteiger partial charge in [-0.25, -0.2) is 0 Å². The Bertz CT molecular complexity index is 386. The molecule has 1 aliphatic heterocycles. The van der Waals surface area contributed by atoms with Crippen LogP contribution in [-0.4, -0.2) is 67.3 Å². The lowest BCUT2D eigenvalue weighted by atomic mass is 10.1. The Morgan fingerprint density at radius 3 is 2.68 bits per heavy atom. The van der Waals surface area contributed by atoms with Gasteiger partial charge in [-0.15, -0.1) is 0 Å². The van der Waals surface area contributed by atoms with Crippen LogP contribution in [0.15, 0.2) is 16.8 Å². The van der Waals surface area contributed by atoms with Crippen molar-refractivity contribution in [3.8, 4) is 0 Å². The predicted molar refractivity (Wildman–Crippen MR) is 69.9 cm³/mol. The first kappa shape index (κ1) is 14.0. The van der Waals surface area contributed by atoms with Crippen molar-refractivity contribution in [1.82, 2.24) is 15.0 Å². The first-order valence-electron chi connectivity index (χ1n) is 6.62. The smallest absolute Gasteiger partial charge is 0.292 e. The van der Waals surface area contributed by atoms with Crippen molar-refractivity contribution in [2.45, 2.75) is 18.9 Å². The van der Waals surface area contributed by atoms with Crippen LogP contribution in [0.25, 0.3) is 0 Å². The Hall–Kier alpha value is -1.40. The number of aromatic nitrogens is 1. The third-order valence-electron chi connectivity index (χ3n) is 3.33. The van der Waals surface area contributed by atoms with E-state index in [0.29, 0.717) is 25.5 Å². The molecule has 0 spiro atoms. The average molecular weight is 267 g/mol. The molecule has 0 aromatic carbocycles. The lowest BCUT2D eigenvalue weighted by Crippen LogP contribution is -2.46. The molecule has 0 saturated carbocycles. The molecular weight excluding hydrogens is 246 g/mol. The quantitative estimate of drug-likeness (QED) is 0.792. The van der Waals surface area contributed by atoms with E-state index in [1.54, 1.807) is 6.07 Å². The van der Waals surface area contributed by atoms with E-state index in [4.69, 9.17) is 9.26 Å². The van der Waals surface area contributed by atoms with E-state index in [1.165, 1.54) is 6.20 Å². The van der Waals surface area contributed by atoms with Gasteiger partial charge < -0.3 is 19.1 Å². The molecule has 1 saturated heterocycles. The third-order valence-corrected chi connectivity index (χ3v) is 3.33. The zero-order valence-electron chi connectivity index (χ0n) is 11.5. The largest absolute Gasteiger partial charge is 0.381 e. The summed E-state index contributed by atoms with van der Waals surface area (Å²) in [6, 6.07) is 1.84. The molecule has 1 aliphatic rings. The van der Waals surface area contributed by atoms with Gasteiger partial charge in [0, 0.05) is 38.4 Å². The van der Waals surface area contributed by atoms with E-state index in [2.05, 4.69) is 10.1 Å². The van der Waals surface area contributed by atoms with Crippen LogP contribution in [0.5, 0.6) is 0 Å². The van der Waals surface area contributed by atoms with Crippen molar-refractivity contribution in [2.24, 2.45) is 0 Å². The molecule has 1 amide bonds. The molecule has 0 radical (unpaired) electrons. The summed E-state index contributed by atoms with van der Waals surface area (Å²) in [6.45, 7) is 2.95. The van der Waals surface area contributed by atoms with Crippen molar-refractivity contribution in [2.75, 3.05) is 40.4 Å². The van der Waals surface area contributed by atoms with Gasteiger partial charge in [0.25, 0.3) is 5.91 Å². The maximum Gasteiger partial charge on any atom is 0.292 e. The monoisotopic (exact) mass is 267 g/mol. The Kier molecular flexibility index (Phi) is 4.93. The minimum Gasteiger partial charge on any atom is -0.381 e. The number of likely N-dealkylation sites (N-methyl/N-ethyl adjacent to an activating group) is 1. The number of amides is 1. The molecule has 0 N–H and O–H groups in total. The van der Waals surface area contributed by atoms with Crippen molar-refractivity contribution < 1.29 is 14.1 Å². The fourth-order valence-corrected chi connectivity index (χ4v) is 2.22. The van der Waals surface area contributed by atoms with Crippen molar-refractivity contribution in [1.29, 1.82) is 0 Å². The second-order valence-electron chi connectivity index (χ2n) is 5.02. The number of carbonyl (C=O) groups excluding carboxylic acids is 1. The highest BCUT2D eigenvalue weighted by molar-refractivity contribution is 5.91. The van der Waals surface area contributed by atoms with Crippen LogP contribution in [0, 0.1) is 0 Å². The van der Waals surface area contributed by atoms with Crippen molar-refractivity contribution in [3.05, 3.63) is 18.0 Å². The molecule has 0 aliphatic carbocycles. The first-order chi connectivity index (χ1) is 9.18. The second kappa shape index (κ2) is 6.68. The van der Waals surface area contributed by atoms with E-state index < -0.39 is 0 Å². The molecule has 1 aromatic heterocycles. The highest BCUT2D eigenvalue weighted by Gasteiger charge is 2.28. The molecule has 6 heteroatoms. The second-order valence-corrected chi connectivity index (χ2v) is 5.02. The topological polar surface area (TPSA) is 58.8 Å². The summed E-state index contributed by atoms with van der Waals surface area (Å²) in [4.78, 5) is 16.4. The third kappa shape index (κ3) is 3.78. The summed E-state index contributed by atoms with van der Waals surface area (Å²) in [5.74, 6) is 0.233. The maximum absolute atomic E-state index is 12.5. The van der Waals surface area contributed by atoms with Crippen LogP contribution in [0.4, 0.5) is 0 Å². The summed E-state index contributed by atoms with van der Waals surface area (Å²) in [6.07, 6.45) is 3.27. The van der Waals surface area contributed by atoms with Crippen LogP contribution in [0.3, 0.4) is 0 Å². The zero-order valence-corrected chi connectivity index (χ0v) is 11.5. The Balaban J connectivity index is 2.06. The molecule has 2 heterocycles. The minimum atomic E-state index is -0.0775. The molecule has 2 rings (SSSR count). The van der Waals surface area contributed by atoms with Crippen molar-refractivity contribution in [3.63, 3.8) is 0 Å². The highest BCUT2D eigenvalue weighted by Crippen LogP contribution is 2.17. The minimum absolute atomic E-state index is 0.0775.